The van der Waals surface area contributed by atoms with E-state index in [1.807, 2.05) is 0 Å². The van der Waals surface area contributed by atoms with E-state index in [1.165, 1.54) is 24.3 Å². The van der Waals surface area contributed by atoms with E-state index in [4.69, 9.17) is 0 Å². The van der Waals surface area contributed by atoms with Crippen LogP contribution in [0, 0.1) is 25.6 Å². The number of carbonyl (C=O) groups excluding carboxylic acids is 1. The summed E-state index contributed by atoms with van der Waals surface area (Å²) in [6.45, 7) is 7.00. The highest BCUT2D eigenvalue weighted by Crippen LogP contribution is 2.48. The molecule has 0 saturated heterocycles. The Morgan fingerprint density at radius 1 is 1.06 bits per heavy atom. The van der Waals surface area contributed by atoms with Gasteiger partial charge in [-0.1, -0.05) is 13.8 Å². The molecule has 0 aliphatic heterocycles. The number of alkyl halides is 5. The van der Waals surface area contributed by atoms with Gasteiger partial charge in [0.25, 0.3) is 11.5 Å². The lowest BCUT2D eigenvalue weighted by atomic mass is 9.87. The molecule has 0 spiro atoms. The molecule has 1 amide bonds. The lowest BCUT2D eigenvalue weighted by Crippen LogP contribution is -2.40. The zero-order valence-electron chi connectivity index (χ0n) is 28.3. The van der Waals surface area contributed by atoms with E-state index in [-0.39, 0.29) is 48.4 Å². The Balaban J connectivity index is 1.85. The Bertz CT molecular complexity index is 1780. The van der Waals surface area contributed by atoms with Gasteiger partial charge in [-0.05, 0) is 116 Å². The summed E-state index contributed by atoms with van der Waals surface area (Å²) in [5, 5.41) is 12.5. The third-order valence-corrected chi connectivity index (χ3v) is 8.85. The van der Waals surface area contributed by atoms with Gasteiger partial charge in [0, 0.05) is 30.8 Å². The van der Waals surface area contributed by atoms with Crippen molar-refractivity contribution in [3.8, 4) is 11.1 Å². The first-order chi connectivity index (χ1) is 22.7. The molecule has 4 rings (SSSR count). The second kappa shape index (κ2) is 14.4. The summed E-state index contributed by atoms with van der Waals surface area (Å²) >= 11 is 0. The first-order valence-corrected chi connectivity index (χ1v) is 16.0. The van der Waals surface area contributed by atoms with Crippen molar-refractivity contribution in [3.05, 3.63) is 91.6 Å². The predicted octanol–water partition coefficient (Wildman–Crippen LogP) is 7.35. The van der Waals surface area contributed by atoms with Crippen molar-refractivity contribution in [1.82, 2.24) is 14.8 Å². The summed E-state index contributed by atoms with van der Waals surface area (Å²) in [6, 6.07) is 3.01. The number of hydrogen-bond donors (Lipinski definition) is 2. The highest BCUT2D eigenvalue weighted by Gasteiger charge is 2.42. The average molecular weight is 694 g/mol. The minimum absolute atomic E-state index is 0.00545. The fraction of sp³-hybridized carbons (Fsp3) is 0.472. The average Bonchev–Trinajstić information content (AvgIpc) is 3.27. The number of hydrogen-bond acceptors (Lipinski definition) is 4. The molecule has 0 fully saturated rings. The van der Waals surface area contributed by atoms with Gasteiger partial charge in [0.2, 0.25) is 5.91 Å². The maximum absolute atomic E-state index is 15.3. The lowest BCUT2D eigenvalue weighted by molar-refractivity contribution is -0.139. The molecule has 7 nitrogen and oxygen atoms in total. The minimum atomic E-state index is -4.82. The Kier molecular flexibility index (Phi) is 11.1. The molecule has 0 saturated carbocycles. The molecule has 0 bridgehead atoms. The van der Waals surface area contributed by atoms with E-state index in [0.717, 1.165) is 10.8 Å². The molecular weight excluding hydrogens is 652 g/mol. The van der Waals surface area contributed by atoms with Crippen molar-refractivity contribution < 1.29 is 41.0 Å². The van der Waals surface area contributed by atoms with E-state index in [9.17, 15) is 37.1 Å². The number of aromatic nitrogens is 1. The molecule has 13 heteroatoms. The van der Waals surface area contributed by atoms with E-state index in [0.29, 0.717) is 33.9 Å². The molecule has 2 aromatic carbocycles. The zero-order valence-corrected chi connectivity index (χ0v) is 28.3. The standard InChI is InChI=1S/C36H41F6N3O4/c1-19(2)11-30(45-18-22(8-10-44(5)6)27(16-31(45)46)36(40,41)42)34(49)43-29(17-32(47)48)23-14-26(25-7-9-35(38,39)28(25)15-23)33-20(3)12-24(37)13-21(33)4/h12-16,18-19,29-30H,7-11,17H2,1-6H3,(H,43,49)(H,47,48). The van der Waals surface area contributed by atoms with E-state index >= 15 is 8.78 Å². The van der Waals surface area contributed by atoms with Gasteiger partial charge in [0.05, 0.1) is 18.0 Å². The van der Waals surface area contributed by atoms with Gasteiger partial charge in [-0.3, -0.25) is 14.4 Å². The first kappa shape index (κ1) is 37.7. The van der Waals surface area contributed by atoms with Crippen LogP contribution in [0.15, 0.2) is 41.3 Å². The van der Waals surface area contributed by atoms with Crippen LogP contribution in [0.3, 0.4) is 0 Å². The molecule has 1 heterocycles. The van der Waals surface area contributed by atoms with Crippen molar-refractivity contribution in [2.24, 2.45) is 5.92 Å². The SMILES string of the molecule is Cc1cc(F)cc(C)c1-c1cc(C(CC(=O)O)NC(=O)C(CC(C)C)n2cc(CCN(C)C)c(C(F)(F)F)cc2=O)cc2c1CCC2(F)F. The number of benzene rings is 2. The Hall–Kier alpha value is -4.13. The molecule has 49 heavy (non-hydrogen) atoms. The summed E-state index contributed by atoms with van der Waals surface area (Å²) in [5.41, 5.74) is -0.459. The van der Waals surface area contributed by atoms with Gasteiger partial charge < -0.3 is 19.9 Å². The number of carbonyl (C=O) groups is 2. The number of rotatable bonds is 12. The maximum atomic E-state index is 15.3. The quantitative estimate of drug-likeness (QED) is 0.194. The van der Waals surface area contributed by atoms with E-state index < -0.39 is 65.8 Å². The van der Waals surface area contributed by atoms with Gasteiger partial charge in [0.15, 0.2) is 0 Å². The molecule has 266 valence electrons. The number of nitrogens with one attached hydrogen (secondary N) is 1. The Morgan fingerprint density at radius 2 is 1.69 bits per heavy atom. The molecular formula is C36H41F6N3O4. The molecule has 2 atom stereocenters. The summed E-state index contributed by atoms with van der Waals surface area (Å²) in [7, 11) is 3.36. The summed E-state index contributed by atoms with van der Waals surface area (Å²) in [5.74, 6) is -6.21. The second-order valence-electron chi connectivity index (χ2n) is 13.5. The van der Waals surface area contributed by atoms with E-state index in [2.05, 4.69) is 5.32 Å². The van der Waals surface area contributed by atoms with Crippen molar-refractivity contribution in [3.63, 3.8) is 0 Å². The predicted molar refractivity (Wildman–Crippen MR) is 173 cm³/mol. The molecule has 1 aliphatic rings. The second-order valence-corrected chi connectivity index (χ2v) is 13.5. The normalized spacial score (nSPS) is 15.4. The summed E-state index contributed by atoms with van der Waals surface area (Å²) in [6.07, 6.45) is -5.05. The maximum Gasteiger partial charge on any atom is 0.416 e. The highest BCUT2D eigenvalue weighted by molar-refractivity contribution is 5.82. The molecule has 1 aliphatic carbocycles. The van der Waals surface area contributed by atoms with Crippen molar-refractivity contribution in [2.75, 3.05) is 20.6 Å². The monoisotopic (exact) mass is 693 g/mol. The van der Waals surface area contributed by atoms with Crippen LogP contribution in [0.1, 0.15) is 84.1 Å². The van der Waals surface area contributed by atoms with Crippen LogP contribution in [-0.4, -0.2) is 47.1 Å². The van der Waals surface area contributed by atoms with Crippen LogP contribution >= 0.6 is 0 Å². The number of pyridine rings is 1. The van der Waals surface area contributed by atoms with Crippen LogP contribution in [0.25, 0.3) is 11.1 Å². The number of carboxylic acids is 1. The number of aryl methyl sites for hydroxylation is 2. The number of likely N-dealkylation sites (N-methyl/N-ethyl adjacent to an activating group) is 1. The van der Waals surface area contributed by atoms with Crippen LogP contribution in [0.2, 0.25) is 0 Å². The molecule has 0 radical (unpaired) electrons. The number of amides is 1. The Morgan fingerprint density at radius 3 is 2.24 bits per heavy atom. The van der Waals surface area contributed by atoms with Gasteiger partial charge in [-0.2, -0.15) is 13.2 Å². The summed E-state index contributed by atoms with van der Waals surface area (Å²) < 4.78 is 87.5. The van der Waals surface area contributed by atoms with E-state index in [1.54, 1.807) is 46.7 Å². The molecule has 1 aromatic heterocycles. The smallest absolute Gasteiger partial charge is 0.416 e. The van der Waals surface area contributed by atoms with Crippen LogP contribution in [-0.2, 0) is 34.5 Å². The summed E-state index contributed by atoms with van der Waals surface area (Å²) in [4.78, 5) is 41.0. The molecule has 2 unspecified atom stereocenters. The zero-order chi connectivity index (χ0) is 36.6. The first-order valence-electron chi connectivity index (χ1n) is 16.0. The van der Waals surface area contributed by atoms with Gasteiger partial charge >= 0.3 is 12.1 Å². The van der Waals surface area contributed by atoms with Gasteiger partial charge in [0.1, 0.15) is 11.9 Å². The highest BCUT2D eigenvalue weighted by atomic mass is 19.4. The third kappa shape index (κ3) is 8.55. The van der Waals surface area contributed by atoms with Crippen molar-refractivity contribution >= 4 is 11.9 Å². The third-order valence-electron chi connectivity index (χ3n) is 8.85. The molecule has 2 N–H and O–H groups in total. The van der Waals surface area contributed by atoms with Crippen LogP contribution in [0.5, 0.6) is 0 Å². The van der Waals surface area contributed by atoms with Gasteiger partial charge in [-0.25, -0.2) is 13.2 Å². The van der Waals surface area contributed by atoms with Crippen molar-refractivity contribution in [2.45, 2.75) is 84.0 Å². The lowest BCUT2D eigenvalue weighted by Gasteiger charge is -2.27. The largest absolute Gasteiger partial charge is 0.481 e. The molecule has 3 aromatic rings. The number of carboxylic acid groups (broad SMARTS) is 1. The number of fused-ring (bicyclic) bond motifs is 1. The fourth-order valence-corrected chi connectivity index (χ4v) is 6.60. The topological polar surface area (TPSA) is 91.6 Å². The number of nitrogens with zero attached hydrogens (tertiary/aromatic N) is 2. The van der Waals surface area contributed by atoms with Crippen LogP contribution < -0.4 is 10.9 Å². The van der Waals surface area contributed by atoms with Gasteiger partial charge in [-0.15, -0.1) is 0 Å². The van der Waals surface area contributed by atoms with Crippen LogP contribution in [0.4, 0.5) is 26.3 Å². The number of aliphatic carboxylic acids is 1. The fourth-order valence-electron chi connectivity index (χ4n) is 6.60. The Labute approximate surface area is 280 Å². The minimum Gasteiger partial charge on any atom is -0.481 e. The van der Waals surface area contributed by atoms with Crippen molar-refractivity contribution in [1.29, 1.82) is 0 Å². The number of halogens is 6.